The number of benzene rings is 1. The summed E-state index contributed by atoms with van der Waals surface area (Å²) >= 11 is 6.30. The van der Waals surface area contributed by atoms with Crippen LogP contribution in [0.1, 0.15) is 11.7 Å². The summed E-state index contributed by atoms with van der Waals surface area (Å²) in [4.78, 5) is 0. The minimum atomic E-state index is 0.0860. The van der Waals surface area contributed by atoms with E-state index < -0.39 is 0 Å². The van der Waals surface area contributed by atoms with Gasteiger partial charge in [0.05, 0.1) is 23.4 Å². The fourth-order valence-corrected chi connectivity index (χ4v) is 2.38. The van der Waals surface area contributed by atoms with Crippen LogP contribution in [0.25, 0.3) is 5.69 Å². The summed E-state index contributed by atoms with van der Waals surface area (Å²) in [6.45, 7) is 2.48. The van der Waals surface area contributed by atoms with Gasteiger partial charge in [-0.2, -0.15) is 5.10 Å². The molecule has 1 aliphatic rings. The molecule has 3 rings (SSSR count). The Kier molecular flexibility index (Phi) is 3.32. The molecule has 5 heteroatoms. The molecular formula is C13H14ClN3O. The first-order chi connectivity index (χ1) is 8.84. The second kappa shape index (κ2) is 5.10. The zero-order valence-corrected chi connectivity index (χ0v) is 10.6. The van der Waals surface area contributed by atoms with E-state index in [9.17, 15) is 0 Å². The zero-order chi connectivity index (χ0) is 12.4. The largest absolute Gasteiger partial charge is 0.371 e. The van der Waals surface area contributed by atoms with Crippen molar-refractivity contribution in [1.29, 1.82) is 0 Å². The van der Waals surface area contributed by atoms with Gasteiger partial charge in [0.25, 0.3) is 0 Å². The molecule has 1 aromatic heterocycles. The van der Waals surface area contributed by atoms with Crippen molar-refractivity contribution in [2.75, 3.05) is 19.7 Å². The molecule has 0 spiro atoms. The zero-order valence-electron chi connectivity index (χ0n) is 9.84. The fourth-order valence-electron chi connectivity index (χ4n) is 2.10. The molecule has 1 unspecified atom stereocenters. The Morgan fingerprint density at radius 2 is 2.39 bits per heavy atom. The molecule has 0 aliphatic carbocycles. The van der Waals surface area contributed by atoms with Crippen molar-refractivity contribution in [2.45, 2.75) is 6.10 Å². The van der Waals surface area contributed by atoms with Crippen LogP contribution in [0.15, 0.2) is 36.7 Å². The van der Waals surface area contributed by atoms with Crippen LogP contribution in [0, 0.1) is 0 Å². The molecule has 1 N–H and O–H groups in total. The summed E-state index contributed by atoms with van der Waals surface area (Å²) in [5.41, 5.74) is 1.98. The maximum atomic E-state index is 6.30. The predicted octanol–water partition coefficient (Wildman–Crippen LogP) is 2.19. The van der Waals surface area contributed by atoms with Gasteiger partial charge in [-0.05, 0) is 23.8 Å². The summed E-state index contributed by atoms with van der Waals surface area (Å²) < 4.78 is 7.46. The van der Waals surface area contributed by atoms with Crippen LogP contribution < -0.4 is 5.32 Å². The van der Waals surface area contributed by atoms with Gasteiger partial charge in [0, 0.05) is 25.5 Å². The third kappa shape index (κ3) is 2.27. The van der Waals surface area contributed by atoms with Gasteiger partial charge in [0.2, 0.25) is 0 Å². The van der Waals surface area contributed by atoms with Gasteiger partial charge in [0.15, 0.2) is 0 Å². The topological polar surface area (TPSA) is 39.1 Å². The monoisotopic (exact) mass is 263 g/mol. The minimum Gasteiger partial charge on any atom is -0.371 e. The number of nitrogens with one attached hydrogen (secondary N) is 1. The molecule has 18 heavy (non-hydrogen) atoms. The number of hydrogen-bond acceptors (Lipinski definition) is 3. The molecule has 1 atom stereocenters. The third-order valence-electron chi connectivity index (χ3n) is 3.02. The highest BCUT2D eigenvalue weighted by Gasteiger charge is 2.16. The summed E-state index contributed by atoms with van der Waals surface area (Å²) in [7, 11) is 0. The smallest absolute Gasteiger partial charge is 0.0950 e. The second-order valence-corrected chi connectivity index (χ2v) is 4.63. The molecule has 1 saturated heterocycles. The van der Waals surface area contributed by atoms with Crippen LogP contribution in [0.5, 0.6) is 0 Å². The SMILES string of the molecule is Clc1cc(C2CNCCO2)ccc1-n1cccn1. The quantitative estimate of drug-likeness (QED) is 0.903. The maximum absolute atomic E-state index is 6.30. The van der Waals surface area contributed by atoms with E-state index in [1.165, 1.54) is 0 Å². The van der Waals surface area contributed by atoms with Crippen LogP contribution in [0.2, 0.25) is 5.02 Å². The van der Waals surface area contributed by atoms with Crippen LogP contribution in [-0.2, 0) is 4.74 Å². The highest BCUT2D eigenvalue weighted by molar-refractivity contribution is 6.32. The number of rotatable bonds is 2. The molecule has 0 bridgehead atoms. The lowest BCUT2D eigenvalue weighted by molar-refractivity contribution is 0.0277. The Morgan fingerprint density at radius 1 is 1.44 bits per heavy atom. The summed E-state index contributed by atoms with van der Waals surface area (Å²) in [6, 6.07) is 7.85. The molecule has 1 aliphatic heterocycles. The van der Waals surface area contributed by atoms with Gasteiger partial charge in [-0.25, -0.2) is 4.68 Å². The Labute approximate surface area is 111 Å². The van der Waals surface area contributed by atoms with Crippen LogP contribution in [0.4, 0.5) is 0 Å². The van der Waals surface area contributed by atoms with E-state index in [1.54, 1.807) is 10.9 Å². The molecule has 94 valence electrons. The van der Waals surface area contributed by atoms with Crippen molar-refractivity contribution in [3.05, 3.63) is 47.2 Å². The van der Waals surface area contributed by atoms with Gasteiger partial charge in [-0.1, -0.05) is 17.7 Å². The Bertz CT molecular complexity index is 521. The van der Waals surface area contributed by atoms with E-state index in [0.29, 0.717) is 5.02 Å². The summed E-state index contributed by atoms with van der Waals surface area (Å²) in [5, 5.41) is 8.17. The fraction of sp³-hybridized carbons (Fsp3) is 0.308. The van der Waals surface area contributed by atoms with Crippen molar-refractivity contribution in [3.63, 3.8) is 0 Å². The van der Waals surface area contributed by atoms with Gasteiger partial charge in [-0.3, -0.25) is 0 Å². The highest BCUT2D eigenvalue weighted by Crippen LogP contribution is 2.26. The number of halogens is 1. The Balaban J connectivity index is 1.89. The van der Waals surface area contributed by atoms with Crippen molar-refractivity contribution in [2.24, 2.45) is 0 Å². The van der Waals surface area contributed by atoms with E-state index in [2.05, 4.69) is 10.4 Å². The number of nitrogens with zero attached hydrogens (tertiary/aromatic N) is 2. The standard InChI is InChI=1S/C13H14ClN3O/c14-11-8-10(13-9-15-5-7-18-13)2-3-12(11)17-6-1-4-16-17/h1-4,6,8,13,15H,5,7,9H2. The van der Waals surface area contributed by atoms with Crippen molar-refractivity contribution >= 4 is 11.6 Å². The molecule has 0 radical (unpaired) electrons. The molecular weight excluding hydrogens is 250 g/mol. The average molecular weight is 264 g/mol. The molecule has 2 aromatic rings. The number of hydrogen-bond donors (Lipinski definition) is 1. The first kappa shape index (κ1) is 11.7. The van der Waals surface area contributed by atoms with E-state index in [1.807, 2.05) is 30.5 Å². The van der Waals surface area contributed by atoms with Crippen LogP contribution >= 0.6 is 11.6 Å². The van der Waals surface area contributed by atoms with Gasteiger partial charge in [-0.15, -0.1) is 0 Å². The van der Waals surface area contributed by atoms with Crippen LogP contribution in [-0.4, -0.2) is 29.5 Å². The number of morpholine rings is 1. The normalized spacial score (nSPS) is 19.9. The third-order valence-corrected chi connectivity index (χ3v) is 3.33. The molecule has 1 aromatic carbocycles. The number of ether oxygens (including phenoxy) is 1. The molecule has 0 amide bonds. The predicted molar refractivity (Wildman–Crippen MR) is 70.1 cm³/mol. The van der Waals surface area contributed by atoms with Crippen LogP contribution in [0.3, 0.4) is 0 Å². The minimum absolute atomic E-state index is 0.0860. The van der Waals surface area contributed by atoms with Gasteiger partial charge < -0.3 is 10.1 Å². The van der Waals surface area contributed by atoms with Gasteiger partial charge >= 0.3 is 0 Å². The van der Waals surface area contributed by atoms with E-state index >= 15 is 0 Å². The number of aromatic nitrogens is 2. The van der Waals surface area contributed by atoms with E-state index in [-0.39, 0.29) is 6.10 Å². The maximum Gasteiger partial charge on any atom is 0.0950 e. The first-order valence-corrected chi connectivity index (χ1v) is 6.34. The molecule has 0 saturated carbocycles. The van der Waals surface area contributed by atoms with Crippen molar-refractivity contribution in [3.8, 4) is 5.69 Å². The molecule has 2 heterocycles. The second-order valence-electron chi connectivity index (χ2n) is 4.23. The molecule has 4 nitrogen and oxygen atoms in total. The van der Waals surface area contributed by atoms with E-state index in [4.69, 9.17) is 16.3 Å². The van der Waals surface area contributed by atoms with Gasteiger partial charge in [0.1, 0.15) is 0 Å². The Hall–Kier alpha value is -1.36. The summed E-state index contributed by atoms with van der Waals surface area (Å²) in [6.07, 6.45) is 3.70. The molecule has 1 fully saturated rings. The first-order valence-electron chi connectivity index (χ1n) is 5.96. The average Bonchev–Trinajstić information content (AvgIpc) is 2.93. The lowest BCUT2D eigenvalue weighted by atomic mass is 10.1. The van der Waals surface area contributed by atoms with Crippen molar-refractivity contribution < 1.29 is 4.74 Å². The summed E-state index contributed by atoms with van der Waals surface area (Å²) in [5.74, 6) is 0. The lowest BCUT2D eigenvalue weighted by Gasteiger charge is -2.24. The van der Waals surface area contributed by atoms with Crippen molar-refractivity contribution in [1.82, 2.24) is 15.1 Å². The van der Waals surface area contributed by atoms with E-state index in [0.717, 1.165) is 30.9 Å². The lowest BCUT2D eigenvalue weighted by Crippen LogP contribution is -2.33. The highest BCUT2D eigenvalue weighted by atomic mass is 35.5. The Morgan fingerprint density at radius 3 is 3.06 bits per heavy atom.